The van der Waals surface area contributed by atoms with E-state index in [0.717, 1.165) is 18.4 Å². The highest BCUT2D eigenvalue weighted by molar-refractivity contribution is 5.96. The van der Waals surface area contributed by atoms with Crippen LogP contribution in [0, 0.1) is 0 Å². The van der Waals surface area contributed by atoms with E-state index < -0.39 is 0 Å². The summed E-state index contributed by atoms with van der Waals surface area (Å²) in [4.78, 5) is 11.6. The van der Waals surface area contributed by atoms with Crippen LogP contribution in [-0.2, 0) is 4.74 Å². The Bertz CT molecular complexity index is 293. The van der Waals surface area contributed by atoms with Gasteiger partial charge >= 0.3 is 0 Å². The molecule has 0 saturated heterocycles. The van der Waals surface area contributed by atoms with Crippen LogP contribution in [0.4, 0.5) is 0 Å². The number of carbonyl (C=O) groups excluding carboxylic acids is 1. The summed E-state index contributed by atoms with van der Waals surface area (Å²) in [6.45, 7) is 4.30. The van der Waals surface area contributed by atoms with Crippen LogP contribution in [0.2, 0.25) is 0 Å². The van der Waals surface area contributed by atoms with Crippen LogP contribution < -0.4 is 0 Å². The third kappa shape index (κ3) is 4.26. The highest BCUT2D eigenvalue weighted by Crippen LogP contribution is 2.04. The Balaban J connectivity index is 2.37. The van der Waals surface area contributed by atoms with Crippen molar-refractivity contribution in [3.05, 3.63) is 35.9 Å². The summed E-state index contributed by atoms with van der Waals surface area (Å²) in [5.41, 5.74) is 0.723. The maximum atomic E-state index is 11.6. The second-order valence-electron chi connectivity index (χ2n) is 3.70. The van der Waals surface area contributed by atoms with E-state index in [4.69, 9.17) is 4.74 Å². The Kier molecular flexibility index (Phi) is 5.05. The number of hydrogen-bond donors (Lipinski definition) is 0. The highest BCUT2D eigenvalue weighted by Gasteiger charge is 2.07. The van der Waals surface area contributed by atoms with Gasteiger partial charge < -0.3 is 4.74 Å². The summed E-state index contributed by atoms with van der Waals surface area (Å²) in [5.74, 6) is 0.0542. The molecular formula is C13H18O2. The van der Waals surface area contributed by atoms with Gasteiger partial charge in [-0.1, -0.05) is 43.7 Å². The zero-order valence-electron chi connectivity index (χ0n) is 9.40. The Morgan fingerprint density at radius 1 is 1.33 bits per heavy atom. The molecule has 1 unspecified atom stereocenters. The van der Waals surface area contributed by atoms with Crippen LogP contribution in [-0.4, -0.2) is 18.5 Å². The molecule has 1 atom stereocenters. The minimum Gasteiger partial charge on any atom is -0.370 e. The molecule has 0 aliphatic rings. The lowest BCUT2D eigenvalue weighted by atomic mass is 10.1. The minimum absolute atomic E-state index is 0.0542. The fourth-order valence-electron chi connectivity index (χ4n) is 1.42. The zero-order valence-corrected chi connectivity index (χ0v) is 9.40. The van der Waals surface area contributed by atoms with E-state index >= 15 is 0 Å². The van der Waals surface area contributed by atoms with Gasteiger partial charge in [0.25, 0.3) is 0 Å². The molecular weight excluding hydrogens is 188 g/mol. The lowest BCUT2D eigenvalue weighted by molar-refractivity contribution is 0.0490. The molecule has 0 fully saturated rings. The number of Topliss-reactive ketones (excluding diaryl/α,β-unsaturated/α-hetero) is 1. The molecule has 1 aromatic rings. The van der Waals surface area contributed by atoms with Crippen LogP contribution in [0.3, 0.4) is 0 Å². The van der Waals surface area contributed by atoms with E-state index in [1.165, 1.54) is 0 Å². The molecule has 15 heavy (non-hydrogen) atoms. The van der Waals surface area contributed by atoms with Gasteiger partial charge in [0.15, 0.2) is 5.78 Å². The molecule has 0 heterocycles. The van der Waals surface area contributed by atoms with Crippen molar-refractivity contribution in [1.82, 2.24) is 0 Å². The van der Waals surface area contributed by atoms with Crippen molar-refractivity contribution < 1.29 is 9.53 Å². The van der Waals surface area contributed by atoms with Crippen LogP contribution in [0.1, 0.15) is 37.0 Å². The number of ether oxygens (including phenoxy) is 1. The monoisotopic (exact) mass is 206 g/mol. The van der Waals surface area contributed by atoms with Gasteiger partial charge in [-0.05, 0) is 13.3 Å². The summed E-state index contributed by atoms with van der Waals surface area (Å²) < 4.78 is 5.45. The summed E-state index contributed by atoms with van der Waals surface area (Å²) in [5, 5.41) is 0. The second-order valence-corrected chi connectivity index (χ2v) is 3.70. The van der Waals surface area contributed by atoms with Gasteiger partial charge in [0.05, 0.1) is 6.10 Å². The molecule has 82 valence electrons. The average Bonchev–Trinajstić information content (AvgIpc) is 2.27. The normalized spacial score (nSPS) is 12.4. The largest absolute Gasteiger partial charge is 0.370 e. The van der Waals surface area contributed by atoms with E-state index in [0.29, 0.717) is 0 Å². The van der Waals surface area contributed by atoms with Crippen molar-refractivity contribution in [3.8, 4) is 0 Å². The molecule has 0 aliphatic heterocycles. The van der Waals surface area contributed by atoms with Gasteiger partial charge in [-0.15, -0.1) is 0 Å². The maximum Gasteiger partial charge on any atom is 0.188 e. The molecule has 0 radical (unpaired) electrons. The van der Waals surface area contributed by atoms with Crippen molar-refractivity contribution >= 4 is 5.78 Å². The molecule has 2 nitrogen and oxygen atoms in total. The van der Waals surface area contributed by atoms with Crippen LogP contribution in [0.25, 0.3) is 0 Å². The van der Waals surface area contributed by atoms with Gasteiger partial charge in [-0.3, -0.25) is 4.79 Å². The first-order chi connectivity index (χ1) is 7.24. The molecule has 1 aromatic carbocycles. The smallest absolute Gasteiger partial charge is 0.188 e. The first-order valence-corrected chi connectivity index (χ1v) is 5.44. The first-order valence-electron chi connectivity index (χ1n) is 5.44. The molecule has 2 heteroatoms. The molecule has 0 N–H and O–H groups in total. The maximum absolute atomic E-state index is 11.6. The molecule has 0 aliphatic carbocycles. The van der Waals surface area contributed by atoms with E-state index in [1.807, 2.05) is 37.3 Å². The van der Waals surface area contributed by atoms with E-state index in [9.17, 15) is 4.79 Å². The molecule has 0 saturated carbocycles. The van der Waals surface area contributed by atoms with Crippen molar-refractivity contribution in [2.24, 2.45) is 0 Å². The first kappa shape index (κ1) is 11.9. The second kappa shape index (κ2) is 6.36. The molecule has 0 aromatic heterocycles. The number of hydrogen-bond acceptors (Lipinski definition) is 2. The predicted molar refractivity (Wildman–Crippen MR) is 61.1 cm³/mol. The van der Waals surface area contributed by atoms with Crippen molar-refractivity contribution in [1.29, 1.82) is 0 Å². The third-order valence-corrected chi connectivity index (χ3v) is 2.29. The highest BCUT2D eigenvalue weighted by atomic mass is 16.5. The van der Waals surface area contributed by atoms with Crippen molar-refractivity contribution in [2.75, 3.05) is 6.61 Å². The Labute approximate surface area is 91.3 Å². The quantitative estimate of drug-likeness (QED) is 0.669. The lowest BCUT2D eigenvalue weighted by Crippen LogP contribution is -2.15. The van der Waals surface area contributed by atoms with E-state index in [2.05, 4.69) is 6.92 Å². The number of carbonyl (C=O) groups is 1. The SMILES string of the molecule is CCCC(C)OCC(=O)c1ccccc1. The Morgan fingerprint density at radius 2 is 2.00 bits per heavy atom. The molecule has 0 spiro atoms. The summed E-state index contributed by atoms with van der Waals surface area (Å²) in [6.07, 6.45) is 2.26. The Morgan fingerprint density at radius 3 is 2.60 bits per heavy atom. The van der Waals surface area contributed by atoms with Gasteiger partial charge in [-0.2, -0.15) is 0 Å². The molecule has 0 bridgehead atoms. The van der Waals surface area contributed by atoms with Crippen LogP contribution >= 0.6 is 0 Å². The Hall–Kier alpha value is -1.15. The zero-order chi connectivity index (χ0) is 11.1. The van der Waals surface area contributed by atoms with Gasteiger partial charge in [0, 0.05) is 5.56 Å². The van der Waals surface area contributed by atoms with E-state index in [1.54, 1.807) is 0 Å². The van der Waals surface area contributed by atoms with Crippen molar-refractivity contribution in [3.63, 3.8) is 0 Å². The lowest BCUT2D eigenvalue weighted by Gasteiger charge is -2.10. The van der Waals surface area contributed by atoms with Crippen molar-refractivity contribution in [2.45, 2.75) is 32.8 Å². The predicted octanol–water partition coefficient (Wildman–Crippen LogP) is 3.07. The van der Waals surface area contributed by atoms with Gasteiger partial charge in [0.2, 0.25) is 0 Å². The average molecular weight is 206 g/mol. The summed E-state index contributed by atoms with van der Waals surface area (Å²) >= 11 is 0. The minimum atomic E-state index is 0.0542. The molecule has 1 rings (SSSR count). The number of benzene rings is 1. The topological polar surface area (TPSA) is 26.3 Å². The summed E-state index contributed by atoms with van der Waals surface area (Å²) in [7, 11) is 0. The molecule has 0 amide bonds. The van der Waals surface area contributed by atoms with E-state index in [-0.39, 0.29) is 18.5 Å². The van der Waals surface area contributed by atoms with Gasteiger partial charge in [-0.25, -0.2) is 0 Å². The standard InChI is InChI=1S/C13H18O2/c1-3-7-11(2)15-10-13(14)12-8-5-4-6-9-12/h4-6,8-9,11H,3,7,10H2,1-2H3. The fraction of sp³-hybridized carbons (Fsp3) is 0.462. The van der Waals surface area contributed by atoms with Gasteiger partial charge in [0.1, 0.15) is 6.61 Å². The summed E-state index contributed by atoms with van der Waals surface area (Å²) in [6, 6.07) is 9.26. The number of rotatable bonds is 6. The fourth-order valence-corrected chi connectivity index (χ4v) is 1.42. The third-order valence-electron chi connectivity index (χ3n) is 2.29. The van der Waals surface area contributed by atoms with Crippen LogP contribution in [0.15, 0.2) is 30.3 Å². The number of ketones is 1. The van der Waals surface area contributed by atoms with Crippen LogP contribution in [0.5, 0.6) is 0 Å².